The summed E-state index contributed by atoms with van der Waals surface area (Å²) in [7, 11) is -4.72. The van der Waals surface area contributed by atoms with E-state index < -0.39 is 53.7 Å². The summed E-state index contributed by atoms with van der Waals surface area (Å²) in [6.45, 7) is 0. The van der Waals surface area contributed by atoms with E-state index in [1.807, 2.05) is 0 Å². The molecule has 0 N–H and O–H groups in total. The van der Waals surface area contributed by atoms with E-state index in [1.165, 1.54) is 0 Å². The van der Waals surface area contributed by atoms with Crippen LogP contribution in [0.15, 0.2) is 52.3 Å². The van der Waals surface area contributed by atoms with Crippen LogP contribution in [0.3, 0.4) is 0 Å². The number of hydrogen-bond acceptors (Lipinski definition) is 4. The molecule has 0 aliphatic heterocycles. The average molecular weight is 399 g/mol. The van der Waals surface area contributed by atoms with Crippen molar-refractivity contribution in [3.8, 4) is 0 Å². The first-order valence-corrected chi connectivity index (χ1v) is 8.01. The zero-order valence-corrected chi connectivity index (χ0v) is 13.1. The van der Waals surface area contributed by atoms with Crippen LogP contribution in [0.1, 0.15) is 11.1 Å². The number of nitrogens with zero attached hydrogens (tertiary/aromatic N) is 1. The number of nitro groups is 1. The number of nitro benzene ring substituents is 1. The van der Waals surface area contributed by atoms with Crippen LogP contribution >= 0.6 is 0 Å². The van der Waals surface area contributed by atoms with Crippen molar-refractivity contribution >= 4 is 15.5 Å². The lowest BCUT2D eigenvalue weighted by atomic mass is 10.2. The molecule has 26 heavy (non-hydrogen) atoms. The Hall–Kier alpha value is -2.63. The zero-order valence-electron chi connectivity index (χ0n) is 12.3. The van der Waals surface area contributed by atoms with Crippen molar-refractivity contribution in [2.45, 2.75) is 22.1 Å². The molecule has 0 fully saturated rings. The second kappa shape index (κ2) is 6.27. The molecule has 2 aromatic rings. The van der Waals surface area contributed by atoms with Gasteiger partial charge < -0.3 is 0 Å². The molecule has 0 saturated carbocycles. The first-order valence-electron chi connectivity index (χ1n) is 6.52. The van der Waals surface area contributed by atoms with Gasteiger partial charge in [0.1, 0.15) is 4.90 Å². The fourth-order valence-electron chi connectivity index (χ4n) is 2.01. The lowest BCUT2D eigenvalue weighted by molar-refractivity contribution is -0.388. The topological polar surface area (TPSA) is 77.3 Å². The lowest BCUT2D eigenvalue weighted by Crippen LogP contribution is -2.10. The van der Waals surface area contributed by atoms with Gasteiger partial charge in [-0.3, -0.25) is 10.1 Å². The van der Waals surface area contributed by atoms with Gasteiger partial charge in [-0.05, 0) is 36.4 Å². The third kappa shape index (κ3) is 3.79. The van der Waals surface area contributed by atoms with E-state index in [0.29, 0.717) is 36.4 Å². The fourth-order valence-corrected chi connectivity index (χ4v) is 3.42. The Morgan fingerprint density at radius 2 is 1.27 bits per heavy atom. The van der Waals surface area contributed by atoms with Crippen molar-refractivity contribution in [2.75, 3.05) is 0 Å². The van der Waals surface area contributed by atoms with E-state index in [-0.39, 0.29) is 6.07 Å². The highest BCUT2D eigenvalue weighted by atomic mass is 32.2. The summed E-state index contributed by atoms with van der Waals surface area (Å²) in [5, 5.41) is 11.0. The molecule has 0 amide bonds. The Kier molecular flexibility index (Phi) is 4.75. The van der Waals surface area contributed by atoms with Gasteiger partial charge in [0, 0.05) is 6.07 Å². The molecule has 0 radical (unpaired) electrons. The summed E-state index contributed by atoms with van der Waals surface area (Å²) in [6.07, 6.45) is -9.68. The lowest BCUT2D eigenvalue weighted by Gasteiger charge is -2.11. The molecule has 12 heteroatoms. The van der Waals surface area contributed by atoms with Crippen LogP contribution in [0.2, 0.25) is 0 Å². The van der Waals surface area contributed by atoms with Crippen molar-refractivity contribution in [1.29, 1.82) is 0 Å². The molecule has 0 unspecified atom stereocenters. The molecule has 0 heterocycles. The first kappa shape index (κ1) is 19.7. The highest BCUT2D eigenvalue weighted by Crippen LogP contribution is 2.37. The van der Waals surface area contributed by atoms with Gasteiger partial charge in [-0.15, -0.1) is 0 Å². The largest absolute Gasteiger partial charge is 0.416 e. The van der Waals surface area contributed by atoms with Crippen molar-refractivity contribution in [2.24, 2.45) is 0 Å². The van der Waals surface area contributed by atoms with Crippen LogP contribution in [-0.2, 0) is 22.2 Å². The third-order valence-electron chi connectivity index (χ3n) is 3.26. The number of alkyl halides is 6. The fraction of sp³-hybridized carbons (Fsp3) is 0.143. The average Bonchev–Trinajstić information content (AvgIpc) is 2.52. The summed E-state index contributed by atoms with van der Waals surface area (Å²) < 4.78 is 100. The Morgan fingerprint density at radius 3 is 1.69 bits per heavy atom. The second-order valence-corrected chi connectivity index (χ2v) is 6.88. The van der Waals surface area contributed by atoms with Gasteiger partial charge in [-0.1, -0.05) is 0 Å². The van der Waals surface area contributed by atoms with Crippen molar-refractivity contribution in [3.05, 3.63) is 63.7 Å². The molecule has 2 rings (SSSR count). The molecule has 0 spiro atoms. The van der Waals surface area contributed by atoms with Crippen LogP contribution in [0, 0.1) is 10.1 Å². The van der Waals surface area contributed by atoms with Gasteiger partial charge in [-0.2, -0.15) is 26.3 Å². The standard InChI is InChI=1S/C14H7F6NO4S/c15-13(16,17)8-1-4-10(5-2-8)26(24,25)12-6-3-9(14(18,19)20)7-11(12)21(22)23/h1-7H. The molecule has 0 aliphatic rings. The van der Waals surface area contributed by atoms with Crippen LogP contribution < -0.4 is 0 Å². The summed E-state index contributed by atoms with van der Waals surface area (Å²) >= 11 is 0. The van der Waals surface area contributed by atoms with E-state index in [0.717, 1.165) is 0 Å². The maximum absolute atomic E-state index is 12.7. The van der Waals surface area contributed by atoms with Crippen LogP contribution in [-0.4, -0.2) is 13.3 Å². The molecule has 0 bridgehead atoms. The minimum absolute atomic E-state index is 0.0525. The number of hydrogen-bond donors (Lipinski definition) is 0. The van der Waals surface area contributed by atoms with E-state index in [2.05, 4.69) is 0 Å². The molecule has 2 aromatic carbocycles. The quantitative estimate of drug-likeness (QED) is 0.434. The Morgan fingerprint density at radius 1 is 0.808 bits per heavy atom. The summed E-state index contributed by atoms with van der Waals surface area (Å²) in [6, 6.07) is 2.82. The summed E-state index contributed by atoms with van der Waals surface area (Å²) in [4.78, 5) is 7.89. The van der Waals surface area contributed by atoms with Crippen LogP contribution in [0.4, 0.5) is 32.0 Å². The minimum atomic E-state index is -4.94. The normalized spacial score (nSPS) is 12.8. The smallest absolute Gasteiger partial charge is 0.258 e. The molecule has 0 atom stereocenters. The predicted octanol–water partition coefficient (Wildman–Crippen LogP) is 4.47. The van der Waals surface area contributed by atoms with Gasteiger partial charge in [0.15, 0.2) is 0 Å². The highest BCUT2D eigenvalue weighted by Gasteiger charge is 2.36. The van der Waals surface area contributed by atoms with E-state index in [1.54, 1.807) is 0 Å². The van der Waals surface area contributed by atoms with Gasteiger partial charge in [0.2, 0.25) is 9.84 Å². The summed E-state index contributed by atoms with van der Waals surface area (Å²) in [5.74, 6) is 0. The van der Waals surface area contributed by atoms with Gasteiger partial charge in [0.25, 0.3) is 5.69 Å². The Labute approximate surface area is 141 Å². The SMILES string of the molecule is O=[N+]([O-])c1cc(C(F)(F)F)ccc1S(=O)(=O)c1ccc(C(F)(F)F)cc1. The maximum Gasteiger partial charge on any atom is 0.416 e. The van der Waals surface area contributed by atoms with Crippen molar-refractivity contribution in [1.82, 2.24) is 0 Å². The summed E-state index contributed by atoms with van der Waals surface area (Å²) in [5.41, 5.74) is -3.92. The van der Waals surface area contributed by atoms with E-state index in [9.17, 15) is 44.9 Å². The number of benzene rings is 2. The molecular weight excluding hydrogens is 392 g/mol. The monoisotopic (exact) mass is 399 g/mol. The number of sulfone groups is 1. The molecule has 0 saturated heterocycles. The Balaban J connectivity index is 2.60. The van der Waals surface area contributed by atoms with Gasteiger partial charge in [0.05, 0.1) is 20.9 Å². The van der Waals surface area contributed by atoms with Gasteiger partial charge in [-0.25, -0.2) is 8.42 Å². The molecular formula is C14H7F6NO4S. The Bertz CT molecular complexity index is 949. The highest BCUT2D eigenvalue weighted by molar-refractivity contribution is 7.91. The van der Waals surface area contributed by atoms with E-state index >= 15 is 0 Å². The van der Waals surface area contributed by atoms with Crippen LogP contribution in [0.25, 0.3) is 0 Å². The van der Waals surface area contributed by atoms with E-state index in [4.69, 9.17) is 0 Å². The number of rotatable bonds is 3. The predicted molar refractivity (Wildman–Crippen MR) is 75.0 cm³/mol. The molecule has 5 nitrogen and oxygen atoms in total. The molecule has 140 valence electrons. The van der Waals surface area contributed by atoms with Crippen molar-refractivity contribution < 1.29 is 39.7 Å². The third-order valence-corrected chi connectivity index (χ3v) is 5.08. The minimum Gasteiger partial charge on any atom is -0.258 e. The zero-order chi connectivity index (χ0) is 19.9. The molecule has 0 aromatic heterocycles. The molecule has 0 aliphatic carbocycles. The second-order valence-electron chi connectivity index (χ2n) is 4.96. The maximum atomic E-state index is 12.7. The van der Waals surface area contributed by atoms with Crippen molar-refractivity contribution in [3.63, 3.8) is 0 Å². The first-order chi connectivity index (χ1) is 11.7. The van der Waals surface area contributed by atoms with Crippen LogP contribution in [0.5, 0.6) is 0 Å². The number of halogens is 6. The van der Waals surface area contributed by atoms with Gasteiger partial charge >= 0.3 is 12.4 Å².